The fraction of sp³-hybridized carbons (Fsp3) is 0.593. The van der Waals surface area contributed by atoms with Gasteiger partial charge in [0.15, 0.2) is 0 Å². The minimum atomic E-state index is -1.12. The first kappa shape index (κ1) is 25.4. The second kappa shape index (κ2) is 10.1. The summed E-state index contributed by atoms with van der Waals surface area (Å²) in [4.78, 5) is 44.4. The van der Waals surface area contributed by atoms with Crippen molar-refractivity contribution in [3.05, 3.63) is 48.6 Å². The maximum absolute atomic E-state index is 14.1. The zero-order valence-electron chi connectivity index (χ0n) is 20.8. The van der Waals surface area contributed by atoms with Crippen LogP contribution in [-0.2, 0) is 30.3 Å². The van der Waals surface area contributed by atoms with E-state index in [9.17, 15) is 19.5 Å². The highest BCUT2D eigenvalue weighted by Crippen LogP contribution is 2.59. The van der Waals surface area contributed by atoms with Crippen LogP contribution < -0.4 is 0 Å². The number of carbonyl (C=O) groups is 3. The van der Waals surface area contributed by atoms with Crippen LogP contribution in [0, 0.1) is 11.8 Å². The molecule has 3 aliphatic rings. The lowest BCUT2D eigenvalue weighted by atomic mass is 9.70. The topological polar surface area (TPSA) is 96.4 Å². The Morgan fingerprint density at radius 3 is 2.66 bits per heavy atom. The van der Waals surface area contributed by atoms with E-state index in [1.54, 1.807) is 17.9 Å². The number of aliphatic hydroxyl groups excluding tert-OH is 1. The molecule has 2 bridgehead atoms. The number of fused-ring (bicyclic) bond motifs is 1. The number of hydrogen-bond donors (Lipinski definition) is 1. The van der Waals surface area contributed by atoms with Crippen molar-refractivity contribution in [2.24, 2.45) is 11.8 Å². The van der Waals surface area contributed by atoms with Crippen LogP contribution in [0.25, 0.3) is 0 Å². The number of aliphatic hydroxyl groups is 1. The number of carbonyl (C=O) groups excluding carboxylic acids is 3. The van der Waals surface area contributed by atoms with E-state index in [-0.39, 0.29) is 31.1 Å². The quantitative estimate of drug-likeness (QED) is 0.403. The average Bonchev–Trinajstić information content (AvgIpc) is 3.48. The van der Waals surface area contributed by atoms with Gasteiger partial charge in [0.05, 0.1) is 37.2 Å². The monoisotopic (exact) mass is 484 g/mol. The van der Waals surface area contributed by atoms with Gasteiger partial charge >= 0.3 is 5.97 Å². The van der Waals surface area contributed by atoms with Crippen molar-refractivity contribution in [3.63, 3.8) is 0 Å². The predicted octanol–water partition coefficient (Wildman–Crippen LogP) is 1.95. The van der Waals surface area contributed by atoms with Crippen LogP contribution in [0.2, 0.25) is 0 Å². The lowest BCUT2D eigenvalue weighted by Crippen LogP contribution is -2.60. The molecule has 0 radical (unpaired) electrons. The van der Waals surface area contributed by atoms with Gasteiger partial charge in [-0.1, -0.05) is 36.4 Å². The highest BCUT2D eigenvalue weighted by atomic mass is 16.6. The third-order valence-electron chi connectivity index (χ3n) is 7.68. The molecule has 3 fully saturated rings. The predicted molar refractivity (Wildman–Crippen MR) is 129 cm³/mol. The van der Waals surface area contributed by atoms with Gasteiger partial charge in [-0.25, -0.2) is 0 Å². The molecule has 2 unspecified atom stereocenters. The maximum atomic E-state index is 14.1. The Labute approximate surface area is 206 Å². The summed E-state index contributed by atoms with van der Waals surface area (Å²) in [5.41, 5.74) is -0.173. The molecule has 3 saturated heterocycles. The molecule has 2 amide bonds. The molecule has 0 saturated carbocycles. The Bertz CT molecular complexity index is 966. The number of hydrogen-bond acceptors (Lipinski definition) is 6. The summed E-state index contributed by atoms with van der Waals surface area (Å²) in [5, 5.41) is 10.4. The van der Waals surface area contributed by atoms with Crippen LogP contribution in [0.1, 0.15) is 39.2 Å². The molecule has 4 rings (SSSR count). The molecule has 8 nitrogen and oxygen atoms in total. The molecule has 0 aromatic heterocycles. The molecular weight excluding hydrogens is 448 g/mol. The zero-order valence-corrected chi connectivity index (χ0v) is 20.8. The minimum Gasteiger partial charge on any atom is -0.466 e. The van der Waals surface area contributed by atoms with E-state index in [0.717, 1.165) is 5.56 Å². The molecular formula is C27H36N2O6. The van der Waals surface area contributed by atoms with Gasteiger partial charge in [0.1, 0.15) is 11.6 Å². The molecule has 3 heterocycles. The lowest BCUT2D eigenvalue weighted by molar-refractivity contribution is -0.156. The first-order chi connectivity index (χ1) is 16.8. The van der Waals surface area contributed by atoms with Crippen LogP contribution in [0.15, 0.2) is 43.0 Å². The molecule has 190 valence electrons. The summed E-state index contributed by atoms with van der Waals surface area (Å²) < 4.78 is 11.8. The number of amides is 2. The van der Waals surface area contributed by atoms with Crippen molar-refractivity contribution in [3.8, 4) is 0 Å². The number of ether oxygens (including phenoxy) is 2. The fourth-order valence-electron chi connectivity index (χ4n) is 6.26. The number of nitrogens with zero attached hydrogens (tertiary/aromatic N) is 2. The van der Waals surface area contributed by atoms with E-state index in [4.69, 9.17) is 9.47 Å². The van der Waals surface area contributed by atoms with Crippen molar-refractivity contribution < 1.29 is 29.0 Å². The first-order valence-electron chi connectivity index (χ1n) is 12.5. The van der Waals surface area contributed by atoms with Crippen molar-refractivity contribution >= 4 is 17.8 Å². The molecule has 8 heteroatoms. The summed E-state index contributed by atoms with van der Waals surface area (Å²) in [7, 11) is 0. The SMILES string of the molecule is C=CCN(C(=O)C1N([C@@H](CO)Cc2ccccc2)C(=O)[C@@H]2[C@@H](C(=O)OCC)[C@H]3CCC12O3)C(C)C. The van der Waals surface area contributed by atoms with E-state index in [1.165, 1.54) is 4.90 Å². The average molecular weight is 485 g/mol. The van der Waals surface area contributed by atoms with E-state index in [1.807, 2.05) is 44.2 Å². The highest BCUT2D eigenvalue weighted by Gasteiger charge is 2.75. The smallest absolute Gasteiger partial charge is 0.312 e. The Kier molecular flexibility index (Phi) is 7.33. The van der Waals surface area contributed by atoms with E-state index >= 15 is 0 Å². The van der Waals surface area contributed by atoms with E-state index < -0.39 is 41.6 Å². The van der Waals surface area contributed by atoms with Gasteiger partial charge in [-0.15, -0.1) is 6.58 Å². The van der Waals surface area contributed by atoms with Crippen molar-refractivity contribution in [2.45, 2.75) is 69.9 Å². The van der Waals surface area contributed by atoms with Gasteiger partial charge in [0.2, 0.25) is 11.8 Å². The second-order valence-corrected chi connectivity index (χ2v) is 9.95. The normalized spacial score (nSPS) is 29.9. The van der Waals surface area contributed by atoms with Gasteiger partial charge in [0, 0.05) is 12.6 Å². The summed E-state index contributed by atoms with van der Waals surface area (Å²) in [6.07, 6.45) is 2.67. The van der Waals surface area contributed by atoms with Gasteiger partial charge < -0.3 is 24.4 Å². The number of esters is 1. The number of benzene rings is 1. The Hall–Kier alpha value is -2.71. The van der Waals surface area contributed by atoms with Gasteiger partial charge in [-0.3, -0.25) is 14.4 Å². The van der Waals surface area contributed by atoms with Crippen LogP contribution in [0.4, 0.5) is 0 Å². The second-order valence-electron chi connectivity index (χ2n) is 9.95. The molecule has 1 aromatic rings. The van der Waals surface area contributed by atoms with Crippen molar-refractivity contribution in [1.29, 1.82) is 0 Å². The summed E-state index contributed by atoms with van der Waals surface area (Å²) in [5.74, 6) is -2.58. The van der Waals surface area contributed by atoms with E-state index in [0.29, 0.717) is 25.8 Å². The first-order valence-corrected chi connectivity index (χ1v) is 12.5. The number of likely N-dealkylation sites (tertiary alicyclic amines) is 1. The molecule has 0 aliphatic carbocycles. The van der Waals surface area contributed by atoms with Crippen LogP contribution in [-0.4, -0.2) is 82.3 Å². The minimum absolute atomic E-state index is 0.131. The van der Waals surface area contributed by atoms with Crippen LogP contribution in [0.3, 0.4) is 0 Å². The van der Waals surface area contributed by atoms with Crippen LogP contribution in [0.5, 0.6) is 0 Å². The van der Waals surface area contributed by atoms with E-state index in [2.05, 4.69) is 6.58 Å². The van der Waals surface area contributed by atoms with Gasteiger partial charge in [0.25, 0.3) is 0 Å². The van der Waals surface area contributed by atoms with Gasteiger partial charge in [-0.2, -0.15) is 0 Å². The fourth-order valence-corrected chi connectivity index (χ4v) is 6.26. The maximum Gasteiger partial charge on any atom is 0.312 e. The highest BCUT2D eigenvalue weighted by molar-refractivity contribution is 5.98. The third kappa shape index (κ3) is 4.16. The van der Waals surface area contributed by atoms with Gasteiger partial charge in [-0.05, 0) is 45.6 Å². The Morgan fingerprint density at radius 2 is 2.06 bits per heavy atom. The Morgan fingerprint density at radius 1 is 1.34 bits per heavy atom. The molecule has 1 N–H and O–H groups in total. The summed E-state index contributed by atoms with van der Waals surface area (Å²) in [6.45, 7) is 9.57. The molecule has 35 heavy (non-hydrogen) atoms. The molecule has 1 aromatic carbocycles. The van der Waals surface area contributed by atoms with Crippen molar-refractivity contribution in [1.82, 2.24) is 9.80 Å². The molecule has 3 aliphatic heterocycles. The summed E-state index contributed by atoms with van der Waals surface area (Å²) >= 11 is 0. The standard InChI is InChI=1S/C27H36N2O6/c1-5-14-28(17(3)4)25(32)23-27-13-12-20(35-27)21(26(33)34-6-2)22(27)24(31)29(23)19(16-30)15-18-10-8-7-9-11-18/h5,7-11,17,19-23,30H,1,6,12-16H2,2-4H3/t19-,20-,21+,22+,23?,27?/m1/s1. The third-order valence-corrected chi connectivity index (χ3v) is 7.68. The number of rotatable bonds is 10. The molecule has 6 atom stereocenters. The Balaban J connectivity index is 1.79. The zero-order chi connectivity index (χ0) is 25.3. The van der Waals surface area contributed by atoms with Crippen molar-refractivity contribution in [2.75, 3.05) is 19.8 Å². The lowest BCUT2D eigenvalue weighted by Gasteiger charge is -2.40. The summed E-state index contributed by atoms with van der Waals surface area (Å²) in [6, 6.07) is 7.86. The molecule has 1 spiro atoms. The van der Waals surface area contributed by atoms with Crippen LogP contribution >= 0.6 is 0 Å². The largest absolute Gasteiger partial charge is 0.466 e.